The minimum atomic E-state index is -1.16. The lowest BCUT2D eigenvalue weighted by atomic mass is 9.75. The Balaban J connectivity index is 1.32. The Bertz CT molecular complexity index is 3280. The molecule has 0 saturated heterocycles. The number of ether oxygens (including phenoxy) is 16. The van der Waals surface area contributed by atoms with Crippen LogP contribution in [-0.4, -0.2) is 107 Å². The van der Waals surface area contributed by atoms with Crippen LogP contribution >= 0.6 is 0 Å². The van der Waals surface area contributed by atoms with Gasteiger partial charge in [0, 0.05) is 90.6 Å². The Morgan fingerprint density at radius 1 is 0.338 bits per heavy atom. The van der Waals surface area contributed by atoms with Crippen LogP contribution in [-0.2, 0) is 33.3 Å². The van der Waals surface area contributed by atoms with Gasteiger partial charge < -0.3 is 75.8 Å². The number of carbonyl (C=O) groups excluding carboxylic acids is 3. The second kappa shape index (κ2) is 23.7. The van der Waals surface area contributed by atoms with Crippen LogP contribution in [0.15, 0.2) is 97.1 Å². The highest BCUT2D eigenvalue weighted by Gasteiger charge is 2.50. The van der Waals surface area contributed by atoms with Gasteiger partial charge in [-0.1, -0.05) is 24.3 Å². The van der Waals surface area contributed by atoms with Crippen LogP contribution in [0, 0.1) is 0 Å². The first kappa shape index (κ1) is 56.0. The molecule has 0 amide bonds. The summed E-state index contributed by atoms with van der Waals surface area (Å²) in [5.74, 6) is 1.43. The van der Waals surface area contributed by atoms with Crippen LogP contribution < -0.4 is 56.8 Å². The van der Waals surface area contributed by atoms with Gasteiger partial charge in [-0.2, -0.15) is 0 Å². The van der Waals surface area contributed by atoms with E-state index in [1.54, 1.807) is 79.9 Å². The van der Waals surface area contributed by atoms with Crippen molar-refractivity contribution in [1.82, 2.24) is 0 Å². The summed E-state index contributed by atoms with van der Waals surface area (Å²) in [5, 5.41) is 0. The first-order valence-electron chi connectivity index (χ1n) is 25.5. The van der Waals surface area contributed by atoms with Gasteiger partial charge in [0.2, 0.25) is 0 Å². The van der Waals surface area contributed by atoms with Crippen molar-refractivity contribution in [1.29, 1.82) is 0 Å². The average Bonchev–Trinajstić information content (AvgIpc) is 3.67. The van der Waals surface area contributed by atoms with Gasteiger partial charge in [-0.15, -0.1) is 0 Å². The Morgan fingerprint density at radius 2 is 0.700 bits per heavy atom. The molecule has 3 heterocycles. The molecule has 6 aromatic carbocycles. The van der Waals surface area contributed by atoms with Crippen LogP contribution in [0.3, 0.4) is 0 Å². The molecule has 0 N–H and O–H groups in total. The van der Waals surface area contributed by atoms with Gasteiger partial charge in [-0.25, -0.2) is 0 Å². The molecule has 3 aliphatic heterocycles. The fourth-order valence-electron chi connectivity index (χ4n) is 11.1. The Morgan fingerprint density at radius 3 is 1.09 bits per heavy atom. The van der Waals surface area contributed by atoms with E-state index in [9.17, 15) is 14.4 Å². The van der Waals surface area contributed by atoms with Crippen molar-refractivity contribution in [3.63, 3.8) is 0 Å². The third-order valence-electron chi connectivity index (χ3n) is 14.6. The molecule has 9 atom stereocenters. The predicted molar refractivity (Wildman–Crippen MR) is 288 cm³/mol. The molecule has 0 fully saturated rings. The molecule has 0 spiro atoms. The zero-order chi connectivity index (χ0) is 57.1. The minimum Gasteiger partial charge on any atom is -0.497 e. The van der Waals surface area contributed by atoms with E-state index in [1.807, 2.05) is 24.3 Å². The molecule has 80 heavy (non-hydrogen) atoms. The molecule has 9 unspecified atom stereocenters. The van der Waals surface area contributed by atoms with E-state index in [-0.39, 0.29) is 0 Å². The van der Waals surface area contributed by atoms with Crippen LogP contribution in [0.4, 0.5) is 0 Å². The molecule has 19 heteroatoms. The van der Waals surface area contributed by atoms with Crippen LogP contribution in [0.5, 0.6) is 69.0 Å². The van der Waals surface area contributed by atoms with Gasteiger partial charge in [0.15, 0.2) is 71.1 Å². The van der Waals surface area contributed by atoms with E-state index in [0.29, 0.717) is 114 Å². The summed E-state index contributed by atoms with van der Waals surface area (Å²) in [6, 6.07) is 28.6. The lowest BCUT2D eigenvalue weighted by molar-refractivity contribution is -0.167. The molecule has 0 aliphatic carbocycles. The highest BCUT2D eigenvalue weighted by molar-refractivity contribution is 5.70. The molecule has 0 bridgehead atoms. The molecule has 3 aliphatic rings. The maximum absolute atomic E-state index is 13.7. The largest absolute Gasteiger partial charge is 0.497 e. The zero-order valence-electron chi connectivity index (χ0n) is 46.7. The fraction of sp³-hybridized carbons (Fsp3) is 0.361. The van der Waals surface area contributed by atoms with E-state index >= 15 is 0 Å². The van der Waals surface area contributed by atoms with Crippen LogP contribution in [0.2, 0.25) is 0 Å². The first-order valence-corrected chi connectivity index (χ1v) is 25.5. The third-order valence-corrected chi connectivity index (χ3v) is 14.6. The number of rotatable bonds is 18. The smallest absolute Gasteiger partial charge is 0.303 e. The normalized spacial score (nSPS) is 21.4. The van der Waals surface area contributed by atoms with Gasteiger partial charge in [-0.3, -0.25) is 14.4 Å². The molecule has 9 rings (SSSR count). The van der Waals surface area contributed by atoms with Crippen molar-refractivity contribution in [2.24, 2.45) is 0 Å². The molecular weight excluding hydrogens is 1040 g/mol. The van der Waals surface area contributed by atoms with Crippen molar-refractivity contribution in [2.45, 2.75) is 75.3 Å². The highest BCUT2D eigenvalue weighted by atomic mass is 16.6. The minimum absolute atomic E-state index is 0.323. The molecule has 422 valence electrons. The predicted octanol–water partition coefficient (Wildman–Crippen LogP) is 9.91. The van der Waals surface area contributed by atoms with E-state index in [4.69, 9.17) is 75.8 Å². The van der Waals surface area contributed by atoms with Gasteiger partial charge in [-0.05, 0) is 54.6 Å². The van der Waals surface area contributed by atoms with Crippen molar-refractivity contribution in [3.8, 4) is 69.0 Å². The van der Waals surface area contributed by atoms with Crippen molar-refractivity contribution in [2.75, 3.05) is 71.1 Å². The number of hydrogen-bond acceptors (Lipinski definition) is 19. The molecular formula is C61H64O19. The summed E-state index contributed by atoms with van der Waals surface area (Å²) in [4.78, 5) is 40.3. The third kappa shape index (κ3) is 10.5. The number of fused-ring (bicyclic) bond motifs is 3. The maximum atomic E-state index is 13.7. The summed E-state index contributed by atoms with van der Waals surface area (Å²) in [6.07, 6.45) is -7.09. The van der Waals surface area contributed by atoms with E-state index in [2.05, 4.69) is 0 Å². The average molecular weight is 1100 g/mol. The number of hydrogen-bond donors (Lipinski definition) is 0. The number of esters is 3. The summed E-state index contributed by atoms with van der Waals surface area (Å²) >= 11 is 0. The van der Waals surface area contributed by atoms with Crippen LogP contribution in [0.1, 0.15) is 102 Å². The molecule has 6 aromatic rings. The summed E-state index contributed by atoms with van der Waals surface area (Å²) in [6.45, 7) is 3.96. The van der Waals surface area contributed by atoms with Crippen molar-refractivity contribution >= 4 is 17.9 Å². The second-order valence-corrected chi connectivity index (χ2v) is 19.0. The highest BCUT2D eigenvalue weighted by Crippen LogP contribution is 2.58. The van der Waals surface area contributed by atoms with Crippen molar-refractivity contribution in [3.05, 3.63) is 142 Å². The van der Waals surface area contributed by atoms with Crippen molar-refractivity contribution < 1.29 is 90.2 Å². The van der Waals surface area contributed by atoms with E-state index in [1.165, 1.54) is 84.8 Å². The SMILES string of the molecule is COc1ccc2c(c1)OC(c1ccc(OC)c(OC)c1)C(OC(C)=O)C2c1cc2c(cc1OC)OC(c1ccc(OC)c(OC)c1)C(OC(C)=O)C2c1cc2c(cc1OC)OC(c1ccc(OC)c(OC)c1)C(OC(C)=O)C2OC. The number of benzene rings is 6. The Kier molecular flexibility index (Phi) is 16.6. The monoisotopic (exact) mass is 1100 g/mol. The Labute approximate surface area is 463 Å². The Hall–Kier alpha value is -8.71. The van der Waals surface area contributed by atoms with E-state index in [0.717, 1.165) is 0 Å². The van der Waals surface area contributed by atoms with Gasteiger partial charge in [0.05, 0.1) is 75.8 Å². The number of methoxy groups -OCH3 is 10. The molecule has 19 nitrogen and oxygen atoms in total. The van der Waals surface area contributed by atoms with Crippen LogP contribution in [0.25, 0.3) is 0 Å². The summed E-state index contributed by atoms with van der Waals surface area (Å²) < 4.78 is 98.4. The lowest BCUT2D eigenvalue weighted by Crippen LogP contribution is -2.40. The molecule has 0 saturated carbocycles. The fourth-order valence-corrected chi connectivity index (χ4v) is 11.1. The standard InChI is InChI=1S/C61H64O19/c1-30(62)75-59-53(37-18-17-36(65-4)25-47(37)78-55(59)33-14-19-42(66-5)50(22-33)71-10)38-26-40-48(28-45(38)69-8)79-56(34-15-20-43(67-6)51(23-34)72-11)60(76-31(2)63)54(40)39-27-41-49(29-46(39)70-9)80-57(61(58(41)74-13)77-32(3)64)35-16-21-44(68-7)52(24-35)73-12/h14-29,53-61H,1-13H3. The molecule has 0 aromatic heterocycles. The molecule has 0 radical (unpaired) electrons. The second-order valence-electron chi connectivity index (χ2n) is 19.0. The van der Waals surface area contributed by atoms with Gasteiger partial charge in [0.25, 0.3) is 0 Å². The topological polar surface area (TPSA) is 199 Å². The van der Waals surface area contributed by atoms with Gasteiger partial charge in [0.1, 0.15) is 40.6 Å². The first-order chi connectivity index (χ1) is 38.6. The van der Waals surface area contributed by atoms with Gasteiger partial charge >= 0.3 is 17.9 Å². The lowest BCUT2D eigenvalue weighted by Gasteiger charge is -2.43. The van der Waals surface area contributed by atoms with E-state index < -0.39 is 72.5 Å². The maximum Gasteiger partial charge on any atom is 0.303 e. The zero-order valence-corrected chi connectivity index (χ0v) is 46.7. The summed E-state index contributed by atoms with van der Waals surface area (Å²) in [5.41, 5.74) is 4.44. The number of carbonyl (C=O) groups is 3. The quantitative estimate of drug-likeness (QED) is 0.0581. The summed E-state index contributed by atoms with van der Waals surface area (Å²) in [7, 11) is 15.3.